The van der Waals surface area contributed by atoms with Gasteiger partial charge in [-0.15, -0.1) is 21.5 Å². The standard InChI is InChI=1S/C35H34N6O5S2/c1-4-46-26-17-13-24(14-18-26)40-32(21-36-34(43)27-8-5-6-9-30(27)45-3)37-38-35(40)48-22-33(42)41-29(23-11-15-25(44-2)16-12-23)20-28(39-41)31-10-7-19-47-31/h5-19,29H,4,20-22H2,1-3H3,(H,36,43)/t29-/m1/s1. The first kappa shape index (κ1) is 32.8. The molecule has 5 aromatic rings. The Morgan fingerprint density at radius 1 is 0.938 bits per heavy atom. The summed E-state index contributed by atoms with van der Waals surface area (Å²) in [5, 5.41) is 20.7. The molecule has 0 spiro atoms. The zero-order valence-electron chi connectivity index (χ0n) is 26.7. The summed E-state index contributed by atoms with van der Waals surface area (Å²) >= 11 is 2.86. The Hall–Kier alpha value is -5.14. The van der Waals surface area contributed by atoms with E-state index < -0.39 is 0 Å². The third-order valence-electron chi connectivity index (χ3n) is 7.66. The van der Waals surface area contributed by atoms with Gasteiger partial charge >= 0.3 is 0 Å². The summed E-state index contributed by atoms with van der Waals surface area (Å²) in [6.45, 7) is 2.56. The normalized spacial score (nSPS) is 14.0. The number of carbonyl (C=O) groups is 2. The summed E-state index contributed by atoms with van der Waals surface area (Å²) < 4.78 is 18.2. The summed E-state index contributed by atoms with van der Waals surface area (Å²) in [5.74, 6) is 2.02. The quantitative estimate of drug-likeness (QED) is 0.147. The topological polar surface area (TPSA) is 120 Å². The molecule has 0 unspecified atom stereocenters. The first-order valence-electron chi connectivity index (χ1n) is 15.3. The van der Waals surface area contributed by atoms with Crippen LogP contribution in [0.2, 0.25) is 0 Å². The van der Waals surface area contributed by atoms with Gasteiger partial charge in [0.2, 0.25) is 0 Å². The molecule has 0 radical (unpaired) electrons. The van der Waals surface area contributed by atoms with Crippen molar-refractivity contribution >= 4 is 40.6 Å². The van der Waals surface area contributed by atoms with Crippen LogP contribution in [0.15, 0.2) is 101 Å². The summed E-state index contributed by atoms with van der Waals surface area (Å²) in [6.07, 6.45) is 0.599. The highest BCUT2D eigenvalue weighted by Gasteiger charge is 2.34. The number of hydrogen-bond donors (Lipinski definition) is 1. The molecule has 1 atom stereocenters. The number of benzene rings is 3. The molecular weight excluding hydrogens is 649 g/mol. The van der Waals surface area contributed by atoms with E-state index in [0.29, 0.717) is 35.3 Å². The van der Waals surface area contributed by atoms with Gasteiger partial charge in [-0.05, 0) is 72.5 Å². The van der Waals surface area contributed by atoms with E-state index in [1.165, 1.54) is 18.9 Å². The van der Waals surface area contributed by atoms with Gasteiger partial charge in [0.05, 0.1) is 55.3 Å². The van der Waals surface area contributed by atoms with Crippen LogP contribution in [-0.2, 0) is 11.3 Å². The van der Waals surface area contributed by atoms with Gasteiger partial charge < -0.3 is 19.5 Å². The van der Waals surface area contributed by atoms with E-state index in [2.05, 4.69) is 15.5 Å². The predicted molar refractivity (Wildman–Crippen MR) is 185 cm³/mol. The highest BCUT2D eigenvalue weighted by Crippen LogP contribution is 2.35. The van der Waals surface area contributed by atoms with Crippen molar-refractivity contribution in [3.63, 3.8) is 0 Å². The molecule has 3 aromatic carbocycles. The summed E-state index contributed by atoms with van der Waals surface area (Å²) in [6, 6.07) is 26.0. The minimum atomic E-state index is -0.309. The van der Waals surface area contributed by atoms with E-state index in [1.807, 2.05) is 77.5 Å². The second kappa shape index (κ2) is 15.2. The van der Waals surface area contributed by atoms with Gasteiger partial charge in [0.15, 0.2) is 11.0 Å². The fourth-order valence-electron chi connectivity index (χ4n) is 5.32. The number of hydrogen-bond acceptors (Lipinski definition) is 10. The summed E-state index contributed by atoms with van der Waals surface area (Å²) in [4.78, 5) is 28.0. The average Bonchev–Trinajstić information content (AvgIpc) is 3.91. The van der Waals surface area contributed by atoms with Crippen LogP contribution >= 0.6 is 23.1 Å². The second-order valence-electron chi connectivity index (χ2n) is 10.6. The Morgan fingerprint density at radius 3 is 2.42 bits per heavy atom. The number of ether oxygens (including phenoxy) is 3. The number of rotatable bonds is 13. The molecule has 0 aliphatic carbocycles. The van der Waals surface area contributed by atoms with Crippen molar-refractivity contribution in [2.24, 2.45) is 5.10 Å². The predicted octanol–water partition coefficient (Wildman–Crippen LogP) is 6.14. The first-order chi connectivity index (χ1) is 23.5. The molecule has 48 heavy (non-hydrogen) atoms. The van der Waals surface area contributed by atoms with Gasteiger partial charge in [-0.3, -0.25) is 14.2 Å². The average molecular weight is 683 g/mol. The molecule has 0 fully saturated rings. The number of thiophene rings is 1. The number of amides is 2. The number of aromatic nitrogens is 3. The number of nitrogens with zero attached hydrogens (tertiary/aromatic N) is 5. The molecule has 11 nitrogen and oxygen atoms in total. The lowest BCUT2D eigenvalue weighted by Crippen LogP contribution is -2.28. The number of nitrogens with one attached hydrogen (secondary N) is 1. The molecule has 2 amide bonds. The first-order valence-corrected chi connectivity index (χ1v) is 17.1. The van der Waals surface area contributed by atoms with E-state index in [9.17, 15) is 9.59 Å². The number of para-hydroxylation sites is 1. The maximum absolute atomic E-state index is 13.9. The van der Waals surface area contributed by atoms with E-state index in [4.69, 9.17) is 19.3 Å². The molecular formula is C35H34N6O5S2. The summed E-state index contributed by atoms with van der Waals surface area (Å²) in [7, 11) is 3.15. The smallest absolute Gasteiger partial charge is 0.255 e. The van der Waals surface area contributed by atoms with Gasteiger partial charge in [-0.1, -0.05) is 42.1 Å². The number of hydrazone groups is 1. The second-order valence-corrected chi connectivity index (χ2v) is 12.5. The van der Waals surface area contributed by atoms with Gasteiger partial charge in [0.25, 0.3) is 11.8 Å². The molecule has 3 heterocycles. The highest BCUT2D eigenvalue weighted by atomic mass is 32.2. The van der Waals surface area contributed by atoms with Gasteiger partial charge in [0, 0.05) is 12.1 Å². The fraction of sp³-hybridized carbons (Fsp3) is 0.229. The monoisotopic (exact) mass is 682 g/mol. The van der Waals surface area contributed by atoms with Crippen molar-refractivity contribution in [2.45, 2.75) is 31.1 Å². The van der Waals surface area contributed by atoms with Crippen LogP contribution < -0.4 is 19.5 Å². The zero-order valence-corrected chi connectivity index (χ0v) is 28.3. The van der Waals surface area contributed by atoms with Gasteiger partial charge in [0.1, 0.15) is 17.2 Å². The SMILES string of the molecule is CCOc1ccc(-n2c(CNC(=O)c3ccccc3OC)nnc2SCC(=O)N2N=C(c3cccs3)C[C@@H]2c2ccc(OC)cc2)cc1. The van der Waals surface area contributed by atoms with Crippen LogP contribution in [0.4, 0.5) is 0 Å². The third kappa shape index (κ3) is 7.21. The van der Waals surface area contributed by atoms with Crippen molar-refractivity contribution in [3.05, 3.63) is 112 Å². The lowest BCUT2D eigenvalue weighted by molar-refractivity contribution is -0.130. The fourth-order valence-corrected chi connectivity index (χ4v) is 6.87. The molecule has 1 aliphatic rings. The lowest BCUT2D eigenvalue weighted by Gasteiger charge is -2.22. The van der Waals surface area contributed by atoms with Crippen LogP contribution in [0.3, 0.4) is 0 Å². The maximum atomic E-state index is 13.9. The van der Waals surface area contributed by atoms with Crippen molar-refractivity contribution in [1.82, 2.24) is 25.1 Å². The molecule has 0 saturated carbocycles. The maximum Gasteiger partial charge on any atom is 0.255 e. The van der Waals surface area contributed by atoms with E-state index in [1.54, 1.807) is 47.7 Å². The van der Waals surface area contributed by atoms with Gasteiger partial charge in [-0.2, -0.15) is 5.10 Å². The van der Waals surface area contributed by atoms with Crippen molar-refractivity contribution < 1.29 is 23.8 Å². The van der Waals surface area contributed by atoms with Gasteiger partial charge in [-0.25, -0.2) is 5.01 Å². The Kier molecular flexibility index (Phi) is 10.4. The van der Waals surface area contributed by atoms with Crippen molar-refractivity contribution in [3.8, 4) is 22.9 Å². The third-order valence-corrected chi connectivity index (χ3v) is 9.49. The molecule has 2 aromatic heterocycles. The van der Waals surface area contributed by atoms with Crippen LogP contribution in [-0.4, -0.2) is 63.9 Å². The number of thioether (sulfide) groups is 1. The lowest BCUT2D eigenvalue weighted by atomic mass is 10.0. The van der Waals surface area contributed by atoms with Crippen molar-refractivity contribution in [1.29, 1.82) is 0 Å². The zero-order chi connectivity index (χ0) is 33.5. The Bertz CT molecular complexity index is 1890. The van der Waals surface area contributed by atoms with Crippen molar-refractivity contribution in [2.75, 3.05) is 26.6 Å². The Labute approximate surface area is 286 Å². The Morgan fingerprint density at radius 2 is 1.71 bits per heavy atom. The van der Waals surface area contributed by atoms with Crippen LogP contribution in [0.1, 0.15) is 46.0 Å². The molecule has 246 valence electrons. The Balaban J connectivity index is 1.24. The molecule has 1 aliphatic heterocycles. The van der Waals surface area contributed by atoms with E-state index >= 15 is 0 Å². The molecule has 1 N–H and O–H groups in total. The van der Waals surface area contributed by atoms with E-state index in [0.717, 1.165) is 33.3 Å². The van der Waals surface area contributed by atoms with Crippen LogP contribution in [0.25, 0.3) is 5.69 Å². The molecule has 13 heteroatoms. The van der Waals surface area contributed by atoms with E-state index in [-0.39, 0.29) is 30.2 Å². The molecule has 6 rings (SSSR count). The number of carbonyl (C=O) groups excluding carboxylic acids is 2. The minimum Gasteiger partial charge on any atom is -0.497 e. The highest BCUT2D eigenvalue weighted by molar-refractivity contribution is 7.99. The number of methoxy groups -OCH3 is 2. The largest absolute Gasteiger partial charge is 0.497 e. The van der Waals surface area contributed by atoms with Crippen LogP contribution in [0.5, 0.6) is 17.2 Å². The summed E-state index contributed by atoms with van der Waals surface area (Å²) in [5.41, 5.74) is 3.01. The minimum absolute atomic E-state index is 0.0661. The molecule has 0 saturated heterocycles. The van der Waals surface area contributed by atoms with Crippen LogP contribution in [0, 0.1) is 0 Å². The molecule has 0 bridgehead atoms.